The van der Waals surface area contributed by atoms with Crippen LogP contribution < -0.4 is 5.32 Å². The molecule has 0 heterocycles. The number of amides is 1. The highest BCUT2D eigenvalue weighted by Crippen LogP contribution is 2.31. The summed E-state index contributed by atoms with van der Waals surface area (Å²) in [6.45, 7) is 4.54. The van der Waals surface area contributed by atoms with Crippen molar-refractivity contribution in [3.05, 3.63) is 0 Å². The van der Waals surface area contributed by atoms with Gasteiger partial charge in [-0.05, 0) is 25.7 Å². The Balaban J connectivity index is 2.41. The molecule has 0 aromatic rings. The SMILES string of the molecule is CC1CCCC(O)(CNC(C)C(=O)N(C)C)C1. The molecule has 17 heavy (non-hydrogen) atoms. The molecule has 0 aromatic carbocycles. The Bertz CT molecular complexity index is 268. The first-order chi connectivity index (χ1) is 7.84. The van der Waals surface area contributed by atoms with Crippen LogP contribution in [0.1, 0.15) is 39.5 Å². The molecule has 0 aromatic heterocycles. The topological polar surface area (TPSA) is 52.6 Å². The van der Waals surface area contributed by atoms with Crippen LogP contribution in [0.3, 0.4) is 0 Å². The van der Waals surface area contributed by atoms with E-state index in [-0.39, 0.29) is 11.9 Å². The minimum Gasteiger partial charge on any atom is -0.389 e. The molecule has 1 amide bonds. The van der Waals surface area contributed by atoms with Crippen LogP contribution in [0.2, 0.25) is 0 Å². The van der Waals surface area contributed by atoms with Crippen molar-refractivity contribution in [1.29, 1.82) is 0 Å². The molecule has 2 N–H and O–H groups in total. The summed E-state index contributed by atoms with van der Waals surface area (Å²) in [5, 5.41) is 13.6. The number of aliphatic hydroxyl groups is 1. The third kappa shape index (κ3) is 4.28. The molecule has 3 atom stereocenters. The second-order valence-electron chi connectivity index (χ2n) is 5.76. The van der Waals surface area contributed by atoms with Crippen molar-refractivity contribution in [2.24, 2.45) is 5.92 Å². The standard InChI is InChI=1S/C13H26N2O2/c1-10-6-5-7-13(17,8-10)9-14-11(2)12(16)15(3)4/h10-11,14,17H,5-9H2,1-4H3. The Morgan fingerprint density at radius 2 is 2.24 bits per heavy atom. The average molecular weight is 242 g/mol. The van der Waals surface area contributed by atoms with E-state index in [0.29, 0.717) is 12.5 Å². The normalized spacial score (nSPS) is 31.0. The molecule has 4 nitrogen and oxygen atoms in total. The number of hydrogen-bond donors (Lipinski definition) is 2. The van der Waals surface area contributed by atoms with Crippen LogP contribution in [-0.2, 0) is 4.79 Å². The van der Waals surface area contributed by atoms with Crippen LogP contribution in [0.4, 0.5) is 0 Å². The summed E-state index contributed by atoms with van der Waals surface area (Å²) in [5.41, 5.74) is -0.626. The van der Waals surface area contributed by atoms with Crippen LogP contribution in [0, 0.1) is 5.92 Å². The van der Waals surface area contributed by atoms with Crippen molar-refractivity contribution < 1.29 is 9.90 Å². The van der Waals surface area contributed by atoms with E-state index in [1.807, 2.05) is 6.92 Å². The summed E-state index contributed by atoms with van der Waals surface area (Å²) < 4.78 is 0. The van der Waals surface area contributed by atoms with E-state index in [1.54, 1.807) is 19.0 Å². The highest BCUT2D eigenvalue weighted by atomic mass is 16.3. The first-order valence-electron chi connectivity index (χ1n) is 6.51. The van der Waals surface area contributed by atoms with Gasteiger partial charge in [0.2, 0.25) is 5.91 Å². The van der Waals surface area contributed by atoms with Crippen molar-refractivity contribution in [2.45, 2.75) is 51.2 Å². The highest BCUT2D eigenvalue weighted by Gasteiger charge is 2.33. The Hall–Kier alpha value is -0.610. The maximum atomic E-state index is 11.7. The Morgan fingerprint density at radius 1 is 1.59 bits per heavy atom. The van der Waals surface area contributed by atoms with Gasteiger partial charge in [0.25, 0.3) is 0 Å². The summed E-state index contributed by atoms with van der Waals surface area (Å²) >= 11 is 0. The second kappa shape index (κ2) is 5.83. The number of nitrogens with one attached hydrogen (secondary N) is 1. The molecule has 1 fully saturated rings. The lowest BCUT2D eigenvalue weighted by Gasteiger charge is -2.36. The van der Waals surface area contributed by atoms with Crippen LogP contribution >= 0.6 is 0 Å². The zero-order valence-corrected chi connectivity index (χ0v) is 11.5. The third-order valence-corrected chi connectivity index (χ3v) is 3.62. The molecule has 0 spiro atoms. The van der Waals surface area contributed by atoms with Gasteiger partial charge in [-0.3, -0.25) is 4.79 Å². The van der Waals surface area contributed by atoms with Crippen molar-refractivity contribution in [3.8, 4) is 0 Å². The van der Waals surface area contributed by atoms with E-state index in [9.17, 15) is 9.90 Å². The summed E-state index contributed by atoms with van der Waals surface area (Å²) in [5.74, 6) is 0.632. The van der Waals surface area contributed by atoms with Crippen molar-refractivity contribution in [3.63, 3.8) is 0 Å². The highest BCUT2D eigenvalue weighted by molar-refractivity contribution is 5.80. The third-order valence-electron chi connectivity index (χ3n) is 3.62. The van der Waals surface area contributed by atoms with Gasteiger partial charge in [0.15, 0.2) is 0 Å². The van der Waals surface area contributed by atoms with Crippen LogP contribution in [0.25, 0.3) is 0 Å². The predicted octanol–water partition coefficient (Wildman–Crippen LogP) is 0.994. The molecule has 0 aliphatic heterocycles. The van der Waals surface area contributed by atoms with Gasteiger partial charge >= 0.3 is 0 Å². The van der Waals surface area contributed by atoms with Gasteiger partial charge in [0.05, 0.1) is 11.6 Å². The number of carbonyl (C=O) groups is 1. The predicted molar refractivity (Wildman–Crippen MR) is 68.7 cm³/mol. The van der Waals surface area contributed by atoms with E-state index < -0.39 is 5.60 Å². The molecule has 1 aliphatic carbocycles. The fourth-order valence-corrected chi connectivity index (χ4v) is 2.61. The number of rotatable bonds is 4. The van der Waals surface area contributed by atoms with E-state index in [2.05, 4.69) is 12.2 Å². The molecular weight excluding hydrogens is 216 g/mol. The minimum atomic E-state index is -0.626. The summed E-state index contributed by atoms with van der Waals surface area (Å²) in [7, 11) is 3.50. The van der Waals surface area contributed by atoms with E-state index in [4.69, 9.17) is 0 Å². The van der Waals surface area contributed by atoms with Crippen LogP contribution in [-0.4, -0.2) is 48.2 Å². The van der Waals surface area contributed by atoms with Gasteiger partial charge in [0.1, 0.15) is 0 Å². The van der Waals surface area contributed by atoms with E-state index >= 15 is 0 Å². The quantitative estimate of drug-likeness (QED) is 0.773. The van der Waals surface area contributed by atoms with Crippen LogP contribution in [0.5, 0.6) is 0 Å². The maximum Gasteiger partial charge on any atom is 0.238 e. The lowest BCUT2D eigenvalue weighted by molar-refractivity contribution is -0.130. The second-order valence-corrected chi connectivity index (χ2v) is 5.76. The number of hydrogen-bond acceptors (Lipinski definition) is 3. The van der Waals surface area contributed by atoms with Gasteiger partial charge in [0, 0.05) is 20.6 Å². The molecule has 1 saturated carbocycles. The molecule has 1 aliphatic rings. The first kappa shape index (κ1) is 14.5. The lowest BCUT2D eigenvalue weighted by Crippen LogP contribution is -2.50. The fraction of sp³-hybridized carbons (Fsp3) is 0.923. The number of nitrogens with zero attached hydrogens (tertiary/aromatic N) is 1. The molecule has 100 valence electrons. The minimum absolute atomic E-state index is 0.0532. The molecule has 0 saturated heterocycles. The molecule has 0 radical (unpaired) electrons. The Kier molecular flexibility index (Phi) is 4.95. The molecular formula is C13H26N2O2. The van der Waals surface area contributed by atoms with Crippen LogP contribution in [0.15, 0.2) is 0 Å². The van der Waals surface area contributed by atoms with Gasteiger partial charge in [-0.2, -0.15) is 0 Å². The monoisotopic (exact) mass is 242 g/mol. The first-order valence-corrected chi connectivity index (χ1v) is 6.51. The maximum absolute atomic E-state index is 11.7. The summed E-state index contributed by atoms with van der Waals surface area (Å²) in [6.07, 6.45) is 3.96. The molecule has 1 rings (SSSR count). The summed E-state index contributed by atoms with van der Waals surface area (Å²) in [6, 6.07) is -0.230. The van der Waals surface area contributed by atoms with E-state index in [0.717, 1.165) is 19.3 Å². The van der Waals surface area contributed by atoms with E-state index in [1.165, 1.54) is 6.42 Å². The zero-order chi connectivity index (χ0) is 13.1. The van der Waals surface area contributed by atoms with Gasteiger partial charge in [-0.25, -0.2) is 0 Å². The Labute approximate surface area is 104 Å². The summed E-state index contributed by atoms with van der Waals surface area (Å²) in [4.78, 5) is 13.2. The van der Waals surface area contributed by atoms with Gasteiger partial charge < -0.3 is 15.3 Å². The molecule has 3 unspecified atom stereocenters. The van der Waals surface area contributed by atoms with Crippen molar-refractivity contribution in [2.75, 3.05) is 20.6 Å². The smallest absolute Gasteiger partial charge is 0.238 e. The van der Waals surface area contributed by atoms with Gasteiger partial charge in [-0.1, -0.05) is 19.8 Å². The molecule has 4 heteroatoms. The largest absolute Gasteiger partial charge is 0.389 e. The van der Waals surface area contributed by atoms with Gasteiger partial charge in [-0.15, -0.1) is 0 Å². The molecule has 0 bridgehead atoms. The Morgan fingerprint density at radius 3 is 2.76 bits per heavy atom. The van der Waals surface area contributed by atoms with Crippen molar-refractivity contribution >= 4 is 5.91 Å². The fourth-order valence-electron chi connectivity index (χ4n) is 2.61. The average Bonchev–Trinajstić information content (AvgIpc) is 2.24. The lowest BCUT2D eigenvalue weighted by atomic mass is 9.79. The van der Waals surface area contributed by atoms with Crippen molar-refractivity contribution in [1.82, 2.24) is 10.2 Å². The zero-order valence-electron chi connectivity index (χ0n) is 11.5. The number of likely N-dealkylation sites (N-methyl/N-ethyl adjacent to an activating group) is 1. The number of carbonyl (C=O) groups excluding carboxylic acids is 1.